The maximum atomic E-state index is 12.1. The number of esters is 1. The molecule has 23 heavy (non-hydrogen) atoms. The number of amides is 1. The molecule has 6 nitrogen and oxygen atoms in total. The molecule has 1 aromatic rings. The van der Waals surface area contributed by atoms with Crippen molar-refractivity contribution in [3.8, 4) is 11.5 Å². The lowest BCUT2D eigenvalue weighted by atomic mass is 10.2. The lowest BCUT2D eigenvalue weighted by Crippen LogP contribution is -2.35. The van der Waals surface area contributed by atoms with Gasteiger partial charge in [-0.25, -0.2) is 4.79 Å². The van der Waals surface area contributed by atoms with Gasteiger partial charge in [0.2, 0.25) is 0 Å². The van der Waals surface area contributed by atoms with Crippen molar-refractivity contribution in [1.29, 1.82) is 0 Å². The molecule has 0 saturated carbocycles. The molecule has 1 amide bonds. The highest BCUT2D eigenvalue weighted by Gasteiger charge is 2.16. The smallest absolute Gasteiger partial charge is 0.338 e. The normalized spacial score (nSPS) is 9.91. The summed E-state index contributed by atoms with van der Waals surface area (Å²) in [7, 11) is 2.98. The summed E-state index contributed by atoms with van der Waals surface area (Å²) in [5, 5.41) is 0. The van der Waals surface area contributed by atoms with Crippen LogP contribution in [0.5, 0.6) is 11.5 Å². The molecule has 0 radical (unpaired) electrons. The average molecular weight is 321 g/mol. The second kappa shape index (κ2) is 8.82. The fourth-order valence-corrected chi connectivity index (χ4v) is 1.93. The number of hydrogen-bond donors (Lipinski definition) is 0. The summed E-state index contributed by atoms with van der Waals surface area (Å²) in [6, 6.07) is 4.70. The molecular weight excluding hydrogens is 298 g/mol. The van der Waals surface area contributed by atoms with Crippen LogP contribution in [0.4, 0.5) is 0 Å². The van der Waals surface area contributed by atoms with Crippen molar-refractivity contribution in [2.75, 3.05) is 33.9 Å². The molecule has 0 saturated heterocycles. The van der Waals surface area contributed by atoms with Crippen molar-refractivity contribution >= 4 is 11.9 Å². The third-order valence-electron chi connectivity index (χ3n) is 3.11. The number of rotatable bonds is 8. The first-order valence-corrected chi connectivity index (χ1v) is 7.23. The Labute approximate surface area is 136 Å². The minimum Gasteiger partial charge on any atom is -0.497 e. The summed E-state index contributed by atoms with van der Waals surface area (Å²) in [6.07, 6.45) is 0. The Morgan fingerprint density at radius 3 is 2.13 bits per heavy atom. The van der Waals surface area contributed by atoms with E-state index in [0.29, 0.717) is 24.6 Å². The highest BCUT2D eigenvalue weighted by molar-refractivity contribution is 5.92. The summed E-state index contributed by atoms with van der Waals surface area (Å²) in [5.74, 6) is 0.0702. The van der Waals surface area contributed by atoms with E-state index in [0.717, 1.165) is 5.57 Å². The highest BCUT2D eigenvalue weighted by Crippen LogP contribution is 2.22. The second-order valence-corrected chi connectivity index (χ2v) is 5.04. The van der Waals surface area contributed by atoms with E-state index in [4.69, 9.17) is 14.2 Å². The predicted molar refractivity (Wildman–Crippen MR) is 86.9 cm³/mol. The Morgan fingerprint density at radius 1 is 1.13 bits per heavy atom. The van der Waals surface area contributed by atoms with Crippen LogP contribution in [0.2, 0.25) is 0 Å². The summed E-state index contributed by atoms with van der Waals surface area (Å²) in [5.41, 5.74) is 1.13. The van der Waals surface area contributed by atoms with Gasteiger partial charge in [0.15, 0.2) is 6.61 Å². The zero-order valence-corrected chi connectivity index (χ0v) is 14.0. The van der Waals surface area contributed by atoms with Crippen LogP contribution in [-0.4, -0.2) is 50.7 Å². The lowest BCUT2D eigenvalue weighted by Gasteiger charge is -2.20. The fourth-order valence-electron chi connectivity index (χ4n) is 1.93. The van der Waals surface area contributed by atoms with Crippen molar-refractivity contribution in [3.05, 3.63) is 35.9 Å². The summed E-state index contributed by atoms with van der Waals surface area (Å²) >= 11 is 0. The van der Waals surface area contributed by atoms with Crippen molar-refractivity contribution in [2.45, 2.75) is 13.8 Å². The average Bonchev–Trinajstić information content (AvgIpc) is 2.56. The maximum Gasteiger partial charge on any atom is 0.338 e. The Balaban J connectivity index is 2.72. The number of hydrogen-bond acceptors (Lipinski definition) is 5. The zero-order valence-electron chi connectivity index (χ0n) is 14.0. The number of benzene rings is 1. The van der Waals surface area contributed by atoms with E-state index in [2.05, 4.69) is 6.58 Å². The number of nitrogens with zero attached hydrogens (tertiary/aromatic N) is 1. The van der Waals surface area contributed by atoms with Gasteiger partial charge in [0.05, 0.1) is 19.8 Å². The quantitative estimate of drug-likeness (QED) is 0.543. The molecule has 0 N–H and O–H groups in total. The minimum atomic E-state index is -0.609. The van der Waals surface area contributed by atoms with Gasteiger partial charge >= 0.3 is 5.97 Å². The Kier molecular flexibility index (Phi) is 7.12. The number of methoxy groups -OCH3 is 2. The first-order chi connectivity index (χ1) is 10.9. The molecular formula is C17H23NO5. The molecule has 0 atom stereocenters. The molecule has 0 unspecified atom stereocenters. The number of likely N-dealkylation sites (N-methyl/N-ethyl adjacent to an activating group) is 1. The summed E-state index contributed by atoms with van der Waals surface area (Å²) < 4.78 is 15.3. The van der Waals surface area contributed by atoms with Crippen molar-refractivity contribution in [1.82, 2.24) is 4.90 Å². The molecule has 0 aromatic heterocycles. The van der Waals surface area contributed by atoms with Gasteiger partial charge in [0, 0.05) is 19.2 Å². The van der Waals surface area contributed by atoms with E-state index < -0.39 is 5.97 Å². The Bertz CT molecular complexity index is 560. The molecule has 0 bridgehead atoms. The van der Waals surface area contributed by atoms with Gasteiger partial charge in [-0.3, -0.25) is 4.79 Å². The monoisotopic (exact) mass is 321 g/mol. The molecule has 1 aromatic carbocycles. The standard InChI is InChI=1S/C17H23NO5/c1-6-18(10-12(2)3)16(19)11-23-17(20)13-7-14(21-4)9-15(8-13)22-5/h7-9H,2,6,10-11H2,1,3-5H3. The van der Waals surface area contributed by atoms with Crippen LogP contribution >= 0.6 is 0 Å². The van der Waals surface area contributed by atoms with Crippen LogP contribution in [-0.2, 0) is 9.53 Å². The van der Waals surface area contributed by atoms with E-state index >= 15 is 0 Å². The minimum absolute atomic E-state index is 0.261. The SMILES string of the molecule is C=C(C)CN(CC)C(=O)COC(=O)c1cc(OC)cc(OC)c1. The molecule has 0 aliphatic heterocycles. The van der Waals surface area contributed by atoms with Crippen molar-refractivity contribution in [2.24, 2.45) is 0 Å². The first kappa shape index (κ1) is 18.5. The number of ether oxygens (including phenoxy) is 3. The van der Waals surface area contributed by atoms with Crippen LogP contribution in [0.3, 0.4) is 0 Å². The number of carbonyl (C=O) groups is 2. The highest BCUT2D eigenvalue weighted by atomic mass is 16.5. The third-order valence-corrected chi connectivity index (χ3v) is 3.11. The van der Waals surface area contributed by atoms with Gasteiger partial charge < -0.3 is 19.1 Å². The Hall–Kier alpha value is -2.50. The molecule has 0 aliphatic carbocycles. The summed E-state index contributed by atoms with van der Waals surface area (Å²) in [4.78, 5) is 25.7. The summed E-state index contributed by atoms with van der Waals surface area (Å²) in [6.45, 7) is 8.12. The topological polar surface area (TPSA) is 65.1 Å². The largest absolute Gasteiger partial charge is 0.497 e. The fraction of sp³-hybridized carbons (Fsp3) is 0.412. The molecule has 6 heteroatoms. The van der Waals surface area contributed by atoms with Gasteiger partial charge in [0.25, 0.3) is 5.91 Å². The van der Waals surface area contributed by atoms with Crippen LogP contribution in [0.1, 0.15) is 24.2 Å². The van der Waals surface area contributed by atoms with Gasteiger partial charge in [-0.05, 0) is 26.0 Å². The maximum absolute atomic E-state index is 12.1. The van der Waals surface area contributed by atoms with Crippen LogP contribution in [0, 0.1) is 0 Å². The van der Waals surface area contributed by atoms with Crippen LogP contribution < -0.4 is 9.47 Å². The zero-order chi connectivity index (χ0) is 17.4. The lowest BCUT2D eigenvalue weighted by molar-refractivity contribution is -0.133. The van der Waals surface area contributed by atoms with E-state index in [-0.39, 0.29) is 18.1 Å². The van der Waals surface area contributed by atoms with Gasteiger partial charge in [0.1, 0.15) is 11.5 Å². The Morgan fingerprint density at radius 2 is 1.70 bits per heavy atom. The van der Waals surface area contributed by atoms with Gasteiger partial charge in [-0.1, -0.05) is 12.2 Å². The van der Waals surface area contributed by atoms with E-state index in [1.165, 1.54) is 26.4 Å². The van der Waals surface area contributed by atoms with Crippen molar-refractivity contribution < 1.29 is 23.8 Å². The first-order valence-electron chi connectivity index (χ1n) is 7.23. The molecule has 0 heterocycles. The third kappa shape index (κ3) is 5.65. The molecule has 1 rings (SSSR count). The van der Waals surface area contributed by atoms with Gasteiger partial charge in [-0.2, -0.15) is 0 Å². The molecule has 126 valence electrons. The van der Waals surface area contributed by atoms with Crippen LogP contribution in [0.25, 0.3) is 0 Å². The van der Waals surface area contributed by atoms with E-state index in [1.54, 1.807) is 11.0 Å². The van der Waals surface area contributed by atoms with Gasteiger partial charge in [-0.15, -0.1) is 0 Å². The molecule has 0 spiro atoms. The van der Waals surface area contributed by atoms with Crippen molar-refractivity contribution in [3.63, 3.8) is 0 Å². The predicted octanol–water partition coefficient (Wildman–Crippen LogP) is 2.29. The van der Waals surface area contributed by atoms with E-state index in [1.807, 2.05) is 13.8 Å². The van der Waals surface area contributed by atoms with E-state index in [9.17, 15) is 9.59 Å². The molecule has 0 fully saturated rings. The number of carbonyl (C=O) groups excluding carboxylic acids is 2. The second-order valence-electron chi connectivity index (χ2n) is 5.04. The molecule has 0 aliphatic rings. The van der Waals surface area contributed by atoms with Crippen LogP contribution in [0.15, 0.2) is 30.4 Å².